The molecule has 2 rings (SSSR count). The molecule has 1 aromatic carbocycles. The number of aryl methyl sites for hydroxylation is 1. The number of anilines is 2. The molecular formula is C12H16N2O2. The maximum Gasteiger partial charge on any atom is 0.173 e. The van der Waals surface area contributed by atoms with Crippen molar-refractivity contribution in [1.29, 1.82) is 0 Å². The molecular weight excluding hydrogens is 204 g/mol. The summed E-state index contributed by atoms with van der Waals surface area (Å²) in [6.07, 6.45) is 2.59. The Labute approximate surface area is 94.9 Å². The first-order chi connectivity index (χ1) is 7.69. The van der Waals surface area contributed by atoms with Gasteiger partial charge in [0.2, 0.25) is 0 Å². The highest BCUT2D eigenvalue weighted by Crippen LogP contribution is 2.29. The maximum atomic E-state index is 9.21. The molecule has 0 aromatic heterocycles. The molecule has 0 bridgehead atoms. The average molecular weight is 220 g/mol. The number of rotatable bonds is 3. The zero-order chi connectivity index (χ0) is 11.5. The molecule has 2 unspecified atom stereocenters. The second kappa shape index (κ2) is 4.55. The molecule has 0 spiro atoms. The molecule has 86 valence electrons. The van der Waals surface area contributed by atoms with Crippen LogP contribution in [-0.2, 0) is 4.74 Å². The fourth-order valence-corrected chi connectivity index (χ4v) is 1.66. The topological polar surface area (TPSA) is 53.5 Å². The van der Waals surface area contributed by atoms with Gasteiger partial charge < -0.3 is 20.5 Å². The Morgan fingerprint density at radius 3 is 2.88 bits per heavy atom. The smallest absolute Gasteiger partial charge is 0.173 e. The molecule has 2 atom stereocenters. The third kappa shape index (κ3) is 2.35. The zero-order valence-corrected chi connectivity index (χ0v) is 9.40. The predicted molar refractivity (Wildman–Crippen MR) is 64.4 cm³/mol. The van der Waals surface area contributed by atoms with Gasteiger partial charge in [-0.05, 0) is 36.8 Å². The standard InChI is InChI=1S/C12H16N2O2/c1-8-3-4-9-10(7-8)14-11(13-9)5-6-12(15)16-2/h3-7,11-15H,1-2H3/b6-5+. The van der Waals surface area contributed by atoms with E-state index >= 15 is 0 Å². The van der Waals surface area contributed by atoms with Gasteiger partial charge in [-0.2, -0.15) is 0 Å². The molecule has 4 nitrogen and oxygen atoms in total. The van der Waals surface area contributed by atoms with Crippen LogP contribution in [0.3, 0.4) is 0 Å². The Kier molecular flexibility index (Phi) is 3.12. The highest BCUT2D eigenvalue weighted by atomic mass is 16.6. The van der Waals surface area contributed by atoms with E-state index < -0.39 is 6.29 Å². The number of ether oxygens (including phenoxy) is 1. The first kappa shape index (κ1) is 11.0. The largest absolute Gasteiger partial charge is 0.365 e. The van der Waals surface area contributed by atoms with Crippen LogP contribution in [0.5, 0.6) is 0 Å². The van der Waals surface area contributed by atoms with E-state index in [2.05, 4.69) is 29.7 Å². The number of methoxy groups -OCH3 is 1. The van der Waals surface area contributed by atoms with Crippen molar-refractivity contribution in [3.05, 3.63) is 35.9 Å². The minimum Gasteiger partial charge on any atom is -0.365 e. The Bertz CT molecular complexity index is 404. The van der Waals surface area contributed by atoms with Gasteiger partial charge in [0.15, 0.2) is 6.29 Å². The van der Waals surface area contributed by atoms with Crippen molar-refractivity contribution in [1.82, 2.24) is 0 Å². The summed E-state index contributed by atoms with van der Waals surface area (Å²) in [5.41, 5.74) is 3.38. The molecule has 4 heteroatoms. The van der Waals surface area contributed by atoms with E-state index in [1.54, 1.807) is 6.08 Å². The van der Waals surface area contributed by atoms with E-state index in [-0.39, 0.29) is 6.17 Å². The average Bonchev–Trinajstić information content (AvgIpc) is 2.67. The summed E-state index contributed by atoms with van der Waals surface area (Å²) >= 11 is 0. The van der Waals surface area contributed by atoms with Crippen molar-refractivity contribution in [3.8, 4) is 0 Å². The van der Waals surface area contributed by atoms with Crippen molar-refractivity contribution >= 4 is 11.4 Å². The van der Waals surface area contributed by atoms with Crippen LogP contribution < -0.4 is 10.6 Å². The lowest BCUT2D eigenvalue weighted by atomic mass is 10.2. The Balaban J connectivity index is 2.03. The summed E-state index contributed by atoms with van der Waals surface area (Å²) in [6.45, 7) is 2.06. The molecule has 1 aliphatic rings. The van der Waals surface area contributed by atoms with Crippen LogP contribution in [0.15, 0.2) is 30.4 Å². The van der Waals surface area contributed by atoms with Crippen LogP contribution in [0.25, 0.3) is 0 Å². The number of benzene rings is 1. The van der Waals surface area contributed by atoms with Gasteiger partial charge in [0.05, 0.1) is 11.4 Å². The van der Waals surface area contributed by atoms with E-state index in [0.29, 0.717) is 0 Å². The number of aliphatic hydroxyl groups excluding tert-OH is 1. The second-order valence-electron chi connectivity index (χ2n) is 3.83. The van der Waals surface area contributed by atoms with Crippen molar-refractivity contribution in [3.63, 3.8) is 0 Å². The van der Waals surface area contributed by atoms with Gasteiger partial charge in [0.1, 0.15) is 6.17 Å². The highest BCUT2D eigenvalue weighted by Gasteiger charge is 2.16. The third-order valence-corrected chi connectivity index (χ3v) is 2.51. The van der Waals surface area contributed by atoms with Gasteiger partial charge in [-0.15, -0.1) is 0 Å². The van der Waals surface area contributed by atoms with E-state index in [1.807, 2.05) is 12.1 Å². The van der Waals surface area contributed by atoms with Crippen molar-refractivity contribution in [2.75, 3.05) is 17.7 Å². The summed E-state index contributed by atoms with van der Waals surface area (Å²) in [6, 6.07) is 6.19. The Morgan fingerprint density at radius 1 is 1.38 bits per heavy atom. The minimum atomic E-state index is -0.853. The SMILES string of the molecule is COC(O)/C=C/C1Nc2ccc(C)cc2N1. The summed E-state index contributed by atoms with van der Waals surface area (Å²) in [5.74, 6) is 0. The number of fused-ring (bicyclic) bond motifs is 1. The van der Waals surface area contributed by atoms with Crippen LogP contribution in [0.4, 0.5) is 11.4 Å². The van der Waals surface area contributed by atoms with E-state index in [0.717, 1.165) is 11.4 Å². The molecule has 3 N–H and O–H groups in total. The number of aliphatic hydroxyl groups is 1. The summed E-state index contributed by atoms with van der Waals surface area (Å²) < 4.78 is 4.72. The number of nitrogens with one attached hydrogen (secondary N) is 2. The van der Waals surface area contributed by atoms with Crippen molar-refractivity contribution in [2.45, 2.75) is 19.4 Å². The normalized spacial score (nSPS) is 20.3. The Morgan fingerprint density at radius 2 is 2.12 bits per heavy atom. The lowest BCUT2D eigenvalue weighted by Gasteiger charge is -2.07. The van der Waals surface area contributed by atoms with Crippen LogP contribution in [0.2, 0.25) is 0 Å². The van der Waals surface area contributed by atoms with E-state index in [4.69, 9.17) is 4.74 Å². The monoisotopic (exact) mass is 220 g/mol. The van der Waals surface area contributed by atoms with Crippen molar-refractivity contribution < 1.29 is 9.84 Å². The number of hydrogen-bond acceptors (Lipinski definition) is 4. The zero-order valence-electron chi connectivity index (χ0n) is 9.40. The molecule has 16 heavy (non-hydrogen) atoms. The van der Waals surface area contributed by atoms with Gasteiger partial charge in [-0.1, -0.05) is 6.07 Å². The third-order valence-electron chi connectivity index (χ3n) is 2.51. The van der Waals surface area contributed by atoms with Crippen LogP contribution in [0, 0.1) is 6.92 Å². The molecule has 1 aliphatic heterocycles. The van der Waals surface area contributed by atoms with Gasteiger partial charge >= 0.3 is 0 Å². The van der Waals surface area contributed by atoms with Gasteiger partial charge in [-0.25, -0.2) is 0 Å². The molecule has 1 heterocycles. The Hall–Kier alpha value is -1.52. The highest BCUT2D eigenvalue weighted by molar-refractivity contribution is 5.75. The van der Waals surface area contributed by atoms with E-state index in [1.165, 1.54) is 12.7 Å². The second-order valence-corrected chi connectivity index (χ2v) is 3.83. The molecule has 1 aromatic rings. The van der Waals surface area contributed by atoms with Crippen LogP contribution in [-0.4, -0.2) is 24.7 Å². The van der Waals surface area contributed by atoms with Gasteiger partial charge in [0, 0.05) is 7.11 Å². The minimum absolute atomic E-state index is 0.00148. The molecule has 0 aliphatic carbocycles. The lowest BCUT2D eigenvalue weighted by Crippen LogP contribution is -2.19. The predicted octanol–water partition coefficient (Wildman–Crippen LogP) is 1.68. The first-order valence-corrected chi connectivity index (χ1v) is 5.22. The van der Waals surface area contributed by atoms with E-state index in [9.17, 15) is 5.11 Å². The fraction of sp³-hybridized carbons (Fsp3) is 0.333. The quantitative estimate of drug-likeness (QED) is 0.536. The summed E-state index contributed by atoms with van der Waals surface area (Å²) in [5, 5.41) is 15.8. The molecule has 0 fully saturated rings. The van der Waals surface area contributed by atoms with Crippen LogP contribution >= 0.6 is 0 Å². The first-order valence-electron chi connectivity index (χ1n) is 5.22. The number of hydrogen-bond donors (Lipinski definition) is 3. The van der Waals surface area contributed by atoms with Crippen molar-refractivity contribution in [2.24, 2.45) is 0 Å². The van der Waals surface area contributed by atoms with Crippen LogP contribution in [0.1, 0.15) is 5.56 Å². The van der Waals surface area contributed by atoms with Gasteiger partial charge in [-0.3, -0.25) is 0 Å². The fourth-order valence-electron chi connectivity index (χ4n) is 1.66. The molecule has 0 saturated heterocycles. The molecule has 0 saturated carbocycles. The summed E-state index contributed by atoms with van der Waals surface area (Å²) in [4.78, 5) is 0. The molecule has 0 amide bonds. The molecule has 0 radical (unpaired) electrons. The maximum absolute atomic E-state index is 9.21. The lowest BCUT2D eigenvalue weighted by molar-refractivity contribution is -0.0358. The summed E-state index contributed by atoms with van der Waals surface area (Å²) in [7, 11) is 1.46. The van der Waals surface area contributed by atoms with Gasteiger partial charge in [0.25, 0.3) is 0 Å².